The van der Waals surface area contributed by atoms with Crippen LogP contribution in [0, 0.1) is 0 Å². The molecule has 7 heteroatoms. The number of carbonyl (C=O) groups is 2. The average Bonchev–Trinajstić information content (AvgIpc) is 2.98. The molecule has 0 spiro atoms. The number of aliphatic hydroxyl groups is 1. The predicted octanol–water partition coefficient (Wildman–Crippen LogP) is 1.91. The van der Waals surface area contributed by atoms with Gasteiger partial charge in [0.05, 0.1) is 23.8 Å². The van der Waals surface area contributed by atoms with Crippen molar-refractivity contribution in [1.82, 2.24) is 9.47 Å². The fraction of sp³-hybridized carbons (Fsp3) is 0.136. The Balaban J connectivity index is 1.36. The molecule has 2 aromatic carbocycles. The van der Waals surface area contributed by atoms with Gasteiger partial charge in [-0.25, -0.2) is 0 Å². The molecule has 1 aliphatic heterocycles. The fourth-order valence-corrected chi connectivity index (χ4v) is 3.30. The number of nitrogens with one attached hydrogen (secondary N) is 1. The second kappa shape index (κ2) is 7.73. The number of imide groups is 1. The van der Waals surface area contributed by atoms with Crippen LogP contribution in [0.2, 0.25) is 0 Å². The number of pyridine rings is 1. The Kier molecular flexibility index (Phi) is 4.97. The van der Waals surface area contributed by atoms with Gasteiger partial charge in [-0.05, 0) is 42.5 Å². The average molecular weight is 389 g/mol. The summed E-state index contributed by atoms with van der Waals surface area (Å²) in [6.45, 7) is 0.0783. The van der Waals surface area contributed by atoms with Crippen LogP contribution in [0.1, 0.15) is 20.7 Å². The first kappa shape index (κ1) is 18.6. The van der Waals surface area contributed by atoms with E-state index in [4.69, 9.17) is 0 Å². The summed E-state index contributed by atoms with van der Waals surface area (Å²) in [5, 5.41) is 13.4. The lowest BCUT2D eigenvalue weighted by Gasteiger charge is -2.19. The zero-order chi connectivity index (χ0) is 20.4. The largest absolute Gasteiger partial charge is 0.389 e. The van der Waals surface area contributed by atoms with Crippen molar-refractivity contribution in [2.75, 3.05) is 18.4 Å². The lowest BCUT2D eigenvalue weighted by Crippen LogP contribution is -2.39. The summed E-state index contributed by atoms with van der Waals surface area (Å²) in [6, 6.07) is 18.8. The Labute approximate surface area is 166 Å². The minimum absolute atomic E-state index is 0.0865. The molecule has 1 aliphatic rings. The number of aromatic nitrogens is 1. The predicted molar refractivity (Wildman–Crippen MR) is 108 cm³/mol. The Morgan fingerprint density at radius 3 is 2.07 bits per heavy atom. The molecule has 0 saturated heterocycles. The van der Waals surface area contributed by atoms with Crippen molar-refractivity contribution in [2.45, 2.75) is 6.10 Å². The van der Waals surface area contributed by atoms with E-state index in [1.54, 1.807) is 66.9 Å². The monoisotopic (exact) mass is 389 g/mol. The van der Waals surface area contributed by atoms with E-state index in [1.165, 1.54) is 10.6 Å². The van der Waals surface area contributed by atoms with Crippen LogP contribution in [0.3, 0.4) is 0 Å². The van der Waals surface area contributed by atoms with Crippen LogP contribution >= 0.6 is 0 Å². The van der Waals surface area contributed by atoms with Crippen molar-refractivity contribution in [3.05, 3.63) is 94.4 Å². The molecule has 0 bridgehead atoms. The van der Waals surface area contributed by atoms with Gasteiger partial charge in [0.25, 0.3) is 17.4 Å². The topological polar surface area (TPSA) is 91.6 Å². The highest BCUT2D eigenvalue weighted by atomic mass is 16.3. The van der Waals surface area contributed by atoms with Crippen molar-refractivity contribution < 1.29 is 14.7 Å². The number of nitrogens with zero attached hydrogens (tertiary/aromatic N) is 2. The molecular weight excluding hydrogens is 370 g/mol. The molecule has 2 N–H and O–H groups in total. The zero-order valence-electron chi connectivity index (χ0n) is 15.5. The van der Waals surface area contributed by atoms with Crippen molar-refractivity contribution >= 4 is 17.5 Å². The summed E-state index contributed by atoms with van der Waals surface area (Å²) in [7, 11) is 0. The number of amides is 2. The number of aliphatic hydroxyl groups excluding tert-OH is 1. The Morgan fingerprint density at radius 1 is 0.828 bits per heavy atom. The number of rotatable bonds is 6. The van der Waals surface area contributed by atoms with E-state index in [0.717, 1.165) is 16.3 Å². The van der Waals surface area contributed by atoms with Gasteiger partial charge in [-0.15, -0.1) is 0 Å². The third-order valence-corrected chi connectivity index (χ3v) is 4.78. The van der Waals surface area contributed by atoms with Gasteiger partial charge >= 0.3 is 0 Å². The van der Waals surface area contributed by atoms with Gasteiger partial charge in [-0.1, -0.05) is 18.2 Å². The third-order valence-electron chi connectivity index (χ3n) is 4.78. The maximum Gasteiger partial charge on any atom is 0.261 e. The molecule has 2 amide bonds. The lowest BCUT2D eigenvalue weighted by molar-refractivity contribution is 0.0558. The first-order valence-electron chi connectivity index (χ1n) is 9.20. The standard InChI is InChI=1S/C22H19N3O4/c26-17(14-25-21(28)18-5-1-2-6-19(18)22(25)29)13-23-15-8-10-16(11-9-15)24-12-4-3-7-20(24)27/h1-12,17,23,26H,13-14H2/t17-/m1/s1. The van der Waals surface area contributed by atoms with Gasteiger partial charge in [0, 0.05) is 30.2 Å². The SMILES string of the molecule is O=C1c2ccccc2C(=O)N1C[C@H](O)CNc1ccc(-n2ccccc2=O)cc1. The van der Waals surface area contributed by atoms with Crippen LogP contribution < -0.4 is 10.9 Å². The summed E-state index contributed by atoms with van der Waals surface area (Å²) in [5.74, 6) is -0.774. The molecule has 0 unspecified atom stereocenters. The second-order valence-electron chi connectivity index (χ2n) is 6.76. The first-order valence-corrected chi connectivity index (χ1v) is 9.20. The van der Waals surface area contributed by atoms with Gasteiger partial charge in [0.2, 0.25) is 0 Å². The van der Waals surface area contributed by atoms with Gasteiger partial charge in [0.15, 0.2) is 0 Å². The summed E-state index contributed by atoms with van der Waals surface area (Å²) < 4.78 is 1.53. The Hall–Kier alpha value is -3.71. The molecule has 29 heavy (non-hydrogen) atoms. The molecular formula is C22H19N3O4. The van der Waals surface area contributed by atoms with Gasteiger partial charge in [-0.2, -0.15) is 0 Å². The quantitative estimate of drug-likeness (QED) is 0.629. The van der Waals surface area contributed by atoms with Crippen LogP contribution in [0.5, 0.6) is 0 Å². The van der Waals surface area contributed by atoms with Crippen molar-refractivity contribution in [2.24, 2.45) is 0 Å². The summed E-state index contributed by atoms with van der Waals surface area (Å²) in [6.07, 6.45) is 0.769. The van der Waals surface area contributed by atoms with Crippen LogP contribution in [0.4, 0.5) is 5.69 Å². The van der Waals surface area contributed by atoms with E-state index in [1.807, 2.05) is 0 Å². The molecule has 0 aliphatic carbocycles. The second-order valence-corrected chi connectivity index (χ2v) is 6.76. The molecule has 1 aromatic heterocycles. The van der Waals surface area contributed by atoms with Crippen LogP contribution in [0.25, 0.3) is 5.69 Å². The molecule has 1 atom stereocenters. The number of hydrogen-bond donors (Lipinski definition) is 2. The van der Waals surface area contributed by atoms with Crippen molar-refractivity contribution in [1.29, 1.82) is 0 Å². The highest BCUT2D eigenvalue weighted by Crippen LogP contribution is 2.22. The van der Waals surface area contributed by atoms with Crippen LogP contribution in [-0.2, 0) is 0 Å². The lowest BCUT2D eigenvalue weighted by atomic mass is 10.1. The molecule has 3 aromatic rings. The molecule has 146 valence electrons. The Morgan fingerprint density at radius 2 is 1.45 bits per heavy atom. The number of hydrogen-bond acceptors (Lipinski definition) is 5. The number of benzene rings is 2. The number of β-amino-alcohol motifs (C(OH)–C–C–N with tert-alkyl or cyclic N) is 1. The molecule has 0 saturated carbocycles. The van der Waals surface area contributed by atoms with Crippen LogP contribution in [-0.4, -0.2) is 45.6 Å². The van der Waals surface area contributed by atoms with E-state index in [9.17, 15) is 19.5 Å². The smallest absolute Gasteiger partial charge is 0.261 e. The van der Waals surface area contributed by atoms with Crippen molar-refractivity contribution in [3.8, 4) is 5.69 Å². The highest BCUT2D eigenvalue weighted by Gasteiger charge is 2.35. The molecule has 0 radical (unpaired) electrons. The molecule has 7 nitrogen and oxygen atoms in total. The number of fused-ring (bicyclic) bond motifs is 1. The maximum absolute atomic E-state index is 12.4. The summed E-state index contributed by atoms with van der Waals surface area (Å²) in [5.41, 5.74) is 2.09. The number of anilines is 1. The van der Waals surface area contributed by atoms with E-state index >= 15 is 0 Å². The van der Waals surface area contributed by atoms with E-state index in [2.05, 4.69) is 5.32 Å². The normalized spacial score (nSPS) is 14.0. The summed E-state index contributed by atoms with van der Waals surface area (Å²) >= 11 is 0. The molecule has 4 rings (SSSR count). The third kappa shape index (κ3) is 3.68. The van der Waals surface area contributed by atoms with E-state index in [-0.39, 0.29) is 30.5 Å². The Bertz CT molecular complexity index is 1090. The van der Waals surface area contributed by atoms with Gasteiger partial charge < -0.3 is 10.4 Å². The maximum atomic E-state index is 12.4. The number of carbonyl (C=O) groups excluding carboxylic acids is 2. The van der Waals surface area contributed by atoms with Crippen LogP contribution in [0.15, 0.2) is 77.7 Å². The van der Waals surface area contributed by atoms with E-state index in [0.29, 0.717) is 11.1 Å². The van der Waals surface area contributed by atoms with Gasteiger partial charge in [0.1, 0.15) is 0 Å². The fourth-order valence-electron chi connectivity index (χ4n) is 3.30. The minimum atomic E-state index is -0.923. The van der Waals surface area contributed by atoms with E-state index < -0.39 is 6.10 Å². The first-order chi connectivity index (χ1) is 14.0. The highest BCUT2D eigenvalue weighted by molar-refractivity contribution is 6.21. The van der Waals surface area contributed by atoms with Crippen molar-refractivity contribution in [3.63, 3.8) is 0 Å². The summed E-state index contributed by atoms with van der Waals surface area (Å²) in [4.78, 5) is 37.7. The molecule has 0 fully saturated rings. The zero-order valence-corrected chi connectivity index (χ0v) is 15.5. The van der Waals surface area contributed by atoms with Gasteiger partial charge in [-0.3, -0.25) is 23.9 Å². The minimum Gasteiger partial charge on any atom is -0.389 e. The molecule has 2 heterocycles.